The molecular weight excluding hydrogens is 253 g/mol. The van der Waals surface area contributed by atoms with E-state index in [-0.39, 0.29) is 5.82 Å². The summed E-state index contributed by atoms with van der Waals surface area (Å²) < 4.78 is 13.5. The van der Waals surface area contributed by atoms with E-state index >= 15 is 0 Å². The zero-order valence-electron chi connectivity index (χ0n) is 10.4. The lowest BCUT2D eigenvalue weighted by atomic mass is 10.1. The van der Waals surface area contributed by atoms with Gasteiger partial charge in [-0.1, -0.05) is 0 Å². The van der Waals surface area contributed by atoms with Gasteiger partial charge in [-0.05, 0) is 55.8 Å². The van der Waals surface area contributed by atoms with Gasteiger partial charge in [-0.25, -0.2) is 9.37 Å². The smallest absolute Gasteiger partial charge is 0.213 e. The molecule has 0 bridgehead atoms. The molecule has 0 aliphatic rings. The second-order valence-corrected chi connectivity index (χ2v) is 5.13. The Kier molecular flexibility index (Phi) is 3.68. The van der Waals surface area contributed by atoms with Gasteiger partial charge in [0.1, 0.15) is 11.6 Å². The van der Waals surface area contributed by atoms with Crippen LogP contribution in [0.4, 0.5) is 4.39 Å². The van der Waals surface area contributed by atoms with Gasteiger partial charge in [0.15, 0.2) is 0 Å². The number of halogens is 1. The first kappa shape index (κ1) is 13.0. The van der Waals surface area contributed by atoms with Crippen molar-refractivity contribution in [2.45, 2.75) is 36.9 Å². The molecule has 0 spiro atoms. The predicted octanol–water partition coefficient (Wildman–Crippen LogP) is 2.77. The highest BCUT2D eigenvalue weighted by Gasteiger charge is 2.14. The van der Waals surface area contributed by atoms with Crippen LogP contribution >= 0.6 is 11.8 Å². The lowest BCUT2D eigenvalue weighted by Gasteiger charge is -2.12. The second kappa shape index (κ2) is 5.07. The maximum atomic E-state index is 13.5. The summed E-state index contributed by atoms with van der Waals surface area (Å²) in [6, 6.07) is 3.07. The van der Waals surface area contributed by atoms with Crippen molar-refractivity contribution in [1.82, 2.24) is 15.2 Å². The van der Waals surface area contributed by atoms with Crippen molar-refractivity contribution < 1.29 is 9.50 Å². The molecule has 4 nitrogen and oxygen atoms in total. The number of hydrogen-bond acceptors (Lipinski definition) is 4. The average Bonchev–Trinajstić information content (AvgIpc) is 2.68. The number of nitrogens with one attached hydrogen (secondary N) is 1. The molecule has 0 saturated carbocycles. The van der Waals surface area contributed by atoms with Crippen LogP contribution < -0.4 is 0 Å². The van der Waals surface area contributed by atoms with Gasteiger partial charge < -0.3 is 5.11 Å². The number of hydrogen-bond donors (Lipinski definition) is 2. The minimum Gasteiger partial charge on any atom is -0.389 e. The highest BCUT2D eigenvalue weighted by molar-refractivity contribution is 7.99. The monoisotopic (exact) mass is 267 g/mol. The fraction of sp³-hybridized carbons (Fsp3) is 0.333. The van der Waals surface area contributed by atoms with Crippen LogP contribution in [0.2, 0.25) is 0 Å². The fourth-order valence-corrected chi connectivity index (χ4v) is 2.61. The van der Waals surface area contributed by atoms with Crippen molar-refractivity contribution in [3.05, 3.63) is 34.9 Å². The van der Waals surface area contributed by atoms with Gasteiger partial charge in [-0.3, -0.25) is 5.10 Å². The first-order valence-electron chi connectivity index (χ1n) is 5.52. The Morgan fingerprint density at radius 1 is 1.39 bits per heavy atom. The number of aliphatic hydroxyl groups is 1. The third-order valence-corrected chi connectivity index (χ3v) is 3.46. The van der Waals surface area contributed by atoms with E-state index in [1.54, 1.807) is 19.9 Å². The average molecular weight is 267 g/mol. The van der Waals surface area contributed by atoms with Gasteiger partial charge in [0, 0.05) is 4.90 Å². The van der Waals surface area contributed by atoms with Crippen LogP contribution in [-0.4, -0.2) is 20.3 Å². The van der Waals surface area contributed by atoms with Gasteiger partial charge in [0.25, 0.3) is 0 Å². The van der Waals surface area contributed by atoms with Crippen LogP contribution in [-0.2, 0) is 0 Å². The van der Waals surface area contributed by atoms with Crippen LogP contribution in [0.25, 0.3) is 0 Å². The van der Waals surface area contributed by atoms with E-state index in [0.29, 0.717) is 16.3 Å². The molecule has 1 heterocycles. The molecule has 1 aromatic heterocycles. The molecule has 0 aliphatic heterocycles. The number of aromatic amines is 1. The van der Waals surface area contributed by atoms with Crippen molar-refractivity contribution in [3.8, 4) is 0 Å². The molecule has 1 unspecified atom stereocenters. The molecule has 2 N–H and O–H groups in total. The van der Waals surface area contributed by atoms with Crippen molar-refractivity contribution >= 4 is 11.8 Å². The molecule has 0 aliphatic carbocycles. The molecule has 2 aromatic rings. The summed E-state index contributed by atoms with van der Waals surface area (Å²) in [7, 11) is 0. The number of aromatic nitrogens is 3. The zero-order chi connectivity index (χ0) is 13.3. The van der Waals surface area contributed by atoms with Crippen LogP contribution in [0.1, 0.15) is 30.0 Å². The lowest BCUT2D eigenvalue weighted by Crippen LogP contribution is -1.97. The Balaban J connectivity index is 2.39. The van der Waals surface area contributed by atoms with Gasteiger partial charge in [0.2, 0.25) is 5.16 Å². The van der Waals surface area contributed by atoms with E-state index in [2.05, 4.69) is 15.2 Å². The summed E-state index contributed by atoms with van der Waals surface area (Å²) in [6.45, 7) is 5.11. The quantitative estimate of drug-likeness (QED) is 0.897. The Morgan fingerprint density at radius 3 is 2.67 bits per heavy atom. The molecule has 0 radical (unpaired) electrons. The summed E-state index contributed by atoms with van der Waals surface area (Å²) in [5.41, 5.74) is 1.08. The Labute approximate surface area is 109 Å². The van der Waals surface area contributed by atoms with Crippen LogP contribution in [0.3, 0.4) is 0 Å². The third-order valence-electron chi connectivity index (χ3n) is 2.52. The van der Waals surface area contributed by atoms with Crippen LogP contribution in [0.5, 0.6) is 0 Å². The molecule has 0 amide bonds. The summed E-state index contributed by atoms with van der Waals surface area (Å²) in [4.78, 5) is 4.95. The molecule has 1 atom stereocenters. The molecule has 96 valence electrons. The first-order valence-corrected chi connectivity index (χ1v) is 6.34. The number of aryl methyl sites for hydroxylation is 2. The molecule has 18 heavy (non-hydrogen) atoms. The Bertz CT molecular complexity index is 568. The van der Waals surface area contributed by atoms with Gasteiger partial charge in [-0.15, -0.1) is 5.10 Å². The number of aliphatic hydroxyl groups excluding tert-OH is 1. The van der Waals surface area contributed by atoms with E-state index in [0.717, 1.165) is 10.7 Å². The SMILES string of the molecule is Cc1nc(Sc2cc(C)c(F)cc2C(C)O)n[nH]1. The van der Waals surface area contributed by atoms with Crippen molar-refractivity contribution in [2.75, 3.05) is 0 Å². The highest BCUT2D eigenvalue weighted by Crippen LogP contribution is 2.33. The van der Waals surface area contributed by atoms with Gasteiger partial charge in [0.05, 0.1) is 6.10 Å². The number of H-pyrrole nitrogens is 1. The third kappa shape index (κ3) is 2.70. The minimum absolute atomic E-state index is 0.318. The zero-order valence-corrected chi connectivity index (χ0v) is 11.2. The van der Waals surface area contributed by atoms with Gasteiger partial charge >= 0.3 is 0 Å². The van der Waals surface area contributed by atoms with Crippen molar-refractivity contribution in [1.29, 1.82) is 0 Å². The maximum Gasteiger partial charge on any atom is 0.213 e. The van der Waals surface area contributed by atoms with Gasteiger partial charge in [-0.2, -0.15) is 0 Å². The molecule has 0 fully saturated rings. The maximum absolute atomic E-state index is 13.5. The lowest BCUT2D eigenvalue weighted by molar-refractivity contribution is 0.196. The first-order chi connectivity index (χ1) is 8.47. The number of rotatable bonds is 3. The summed E-state index contributed by atoms with van der Waals surface area (Å²) in [6.07, 6.45) is -0.734. The van der Waals surface area contributed by atoms with Crippen molar-refractivity contribution in [3.63, 3.8) is 0 Å². The Morgan fingerprint density at radius 2 is 2.11 bits per heavy atom. The predicted molar refractivity (Wildman–Crippen MR) is 67.0 cm³/mol. The van der Waals surface area contributed by atoms with Crippen LogP contribution in [0, 0.1) is 19.7 Å². The molecular formula is C12H14FN3OS. The topological polar surface area (TPSA) is 61.8 Å². The van der Waals surface area contributed by atoms with Crippen LogP contribution in [0.15, 0.2) is 22.2 Å². The number of benzene rings is 1. The fourth-order valence-electron chi connectivity index (χ4n) is 1.55. The summed E-state index contributed by atoms with van der Waals surface area (Å²) >= 11 is 1.31. The minimum atomic E-state index is -0.734. The van der Waals surface area contributed by atoms with Crippen molar-refractivity contribution in [2.24, 2.45) is 0 Å². The van der Waals surface area contributed by atoms with E-state index in [1.165, 1.54) is 17.8 Å². The molecule has 1 aromatic carbocycles. The summed E-state index contributed by atoms with van der Waals surface area (Å²) in [5, 5.41) is 17.0. The Hall–Kier alpha value is -1.40. The normalized spacial score (nSPS) is 12.7. The molecule has 2 rings (SSSR count). The van der Waals surface area contributed by atoms with E-state index in [1.807, 2.05) is 6.92 Å². The van der Waals surface area contributed by atoms with E-state index in [9.17, 15) is 9.50 Å². The van der Waals surface area contributed by atoms with E-state index < -0.39 is 6.10 Å². The highest BCUT2D eigenvalue weighted by atomic mass is 32.2. The number of nitrogens with zero attached hydrogens (tertiary/aromatic N) is 2. The molecule has 6 heteroatoms. The standard InChI is InChI=1S/C12H14FN3OS/c1-6-4-11(9(7(2)17)5-10(6)13)18-12-14-8(3)15-16-12/h4-5,7,17H,1-3H3,(H,14,15,16). The molecule has 0 saturated heterocycles. The second-order valence-electron chi connectivity index (χ2n) is 4.12. The largest absolute Gasteiger partial charge is 0.389 e. The summed E-state index contributed by atoms with van der Waals surface area (Å²) in [5.74, 6) is 0.399. The van der Waals surface area contributed by atoms with E-state index in [4.69, 9.17) is 0 Å².